The summed E-state index contributed by atoms with van der Waals surface area (Å²) in [7, 11) is 0. The lowest BCUT2D eigenvalue weighted by molar-refractivity contribution is 0.0906. The highest BCUT2D eigenvalue weighted by Crippen LogP contribution is 2.29. The molecule has 88 valence electrons. The summed E-state index contributed by atoms with van der Waals surface area (Å²) < 4.78 is 0. The molecule has 0 bridgehead atoms. The molecule has 3 nitrogen and oxygen atoms in total. The van der Waals surface area contributed by atoms with E-state index in [1.807, 2.05) is 0 Å². The highest BCUT2D eigenvalue weighted by Gasteiger charge is 2.31. The summed E-state index contributed by atoms with van der Waals surface area (Å²) in [6.07, 6.45) is 7.54. The summed E-state index contributed by atoms with van der Waals surface area (Å²) >= 11 is 0. The van der Waals surface area contributed by atoms with Gasteiger partial charge in [-0.15, -0.1) is 0 Å². The number of hydrogen-bond acceptors (Lipinski definition) is 3. The fourth-order valence-electron chi connectivity index (χ4n) is 2.81. The Morgan fingerprint density at radius 1 is 1.20 bits per heavy atom. The van der Waals surface area contributed by atoms with Crippen molar-refractivity contribution in [2.75, 3.05) is 19.6 Å². The highest BCUT2D eigenvalue weighted by atomic mass is 16.3. The van der Waals surface area contributed by atoms with E-state index in [-0.39, 0.29) is 11.6 Å². The average Bonchev–Trinajstić information content (AvgIpc) is 2.73. The minimum atomic E-state index is -0.0894. The van der Waals surface area contributed by atoms with Gasteiger partial charge in [-0.1, -0.05) is 0 Å². The quantitative estimate of drug-likeness (QED) is 0.736. The third kappa shape index (κ3) is 3.16. The molecule has 3 heteroatoms. The first-order valence-electron chi connectivity index (χ1n) is 6.37. The van der Waals surface area contributed by atoms with Crippen molar-refractivity contribution in [2.45, 2.75) is 56.6 Å². The van der Waals surface area contributed by atoms with Gasteiger partial charge in [-0.3, -0.25) is 0 Å². The van der Waals surface area contributed by atoms with Gasteiger partial charge in [0.1, 0.15) is 0 Å². The Morgan fingerprint density at radius 2 is 1.80 bits per heavy atom. The molecule has 1 saturated carbocycles. The molecule has 1 heterocycles. The third-order valence-electron chi connectivity index (χ3n) is 4.08. The largest absolute Gasteiger partial charge is 0.393 e. The van der Waals surface area contributed by atoms with Gasteiger partial charge in [0.15, 0.2) is 0 Å². The molecular weight excluding hydrogens is 188 g/mol. The van der Waals surface area contributed by atoms with Gasteiger partial charge in [0.05, 0.1) is 6.10 Å². The Labute approximate surface area is 92.6 Å². The molecule has 2 fully saturated rings. The van der Waals surface area contributed by atoms with Crippen LogP contribution >= 0.6 is 0 Å². The molecule has 0 amide bonds. The monoisotopic (exact) mass is 212 g/mol. The first-order valence-corrected chi connectivity index (χ1v) is 6.37. The first-order chi connectivity index (χ1) is 7.18. The second-order valence-corrected chi connectivity index (χ2v) is 5.39. The predicted molar refractivity (Wildman–Crippen MR) is 61.7 cm³/mol. The van der Waals surface area contributed by atoms with Crippen molar-refractivity contribution in [1.82, 2.24) is 4.90 Å². The van der Waals surface area contributed by atoms with Crippen LogP contribution in [0.5, 0.6) is 0 Å². The Balaban J connectivity index is 1.72. The number of nitrogens with two attached hydrogens (primary N) is 1. The minimum Gasteiger partial charge on any atom is -0.393 e. The molecule has 2 aliphatic rings. The van der Waals surface area contributed by atoms with Crippen LogP contribution in [0.15, 0.2) is 0 Å². The summed E-state index contributed by atoms with van der Waals surface area (Å²) in [5, 5.41) is 9.46. The molecule has 15 heavy (non-hydrogen) atoms. The molecule has 0 atom stereocenters. The molecule has 1 aliphatic carbocycles. The van der Waals surface area contributed by atoms with Crippen molar-refractivity contribution in [3.63, 3.8) is 0 Å². The van der Waals surface area contributed by atoms with E-state index < -0.39 is 0 Å². The zero-order valence-electron chi connectivity index (χ0n) is 9.62. The maximum absolute atomic E-state index is 9.46. The summed E-state index contributed by atoms with van der Waals surface area (Å²) in [5.74, 6) is 0. The van der Waals surface area contributed by atoms with Gasteiger partial charge in [0, 0.05) is 5.54 Å². The molecule has 1 aliphatic heterocycles. The second kappa shape index (κ2) is 4.81. The van der Waals surface area contributed by atoms with Crippen LogP contribution in [-0.2, 0) is 0 Å². The molecule has 0 spiro atoms. The minimum absolute atomic E-state index is 0.0157. The lowest BCUT2D eigenvalue weighted by Gasteiger charge is -2.36. The lowest BCUT2D eigenvalue weighted by Crippen LogP contribution is -2.46. The molecule has 0 aromatic rings. The van der Waals surface area contributed by atoms with Crippen molar-refractivity contribution < 1.29 is 5.11 Å². The van der Waals surface area contributed by atoms with Gasteiger partial charge >= 0.3 is 0 Å². The third-order valence-corrected chi connectivity index (χ3v) is 4.08. The van der Waals surface area contributed by atoms with E-state index in [9.17, 15) is 5.11 Å². The second-order valence-electron chi connectivity index (χ2n) is 5.39. The lowest BCUT2D eigenvalue weighted by atomic mass is 9.79. The Kier molecular flexibility index (Phi) is 3.65. The molecule has 3 N–H and O–H groups in total. The van der Waals surface area contributed by atoms with Crippen LogP contribution in [0.2, 0.25) is 0 Å². The topological polar surface area (TPSA) is 49.5 Å². The average molecular weight is 212 g/mol. The fraction of sp³-hybridized carbons (Fsp3) is 1.00. The Hall–Kier alpha value is -0.120. The van der Waals surface area contributed by atoms with Crippen molar-refractivity contribution in [2.24, 2.45) is 5.73 Å². The smallest absolute Gasteiger partial charge is 0.0541 e. The summed E-state index contributed by atoms with van der Waals surface area (Å²) in [4.78, 5) is 2.53. The number of likely N-dealkylation sites (tertiary alicyclic amines) is 1. The highest BCUT2D eigenvalue weighted by molar-refractivity contribution is 4.90. The van der Waals surface area contributed by atoms with Gasteiger partial charge in [0.2, 0.25) is 0 Å². The molecular formula is C12H24N2O. The predicted octanol–water partition coefficient (Wildman–Crippen LogP) is 1.10. The van der Waals surface area contributed by atoms with Crippen LogP contribution in [0.3, 0.4) is 0 Å². The van der Waals surface area contributed by atoms with E-state index in [4.69, 9.17) is 5.73 Å². The number of rotatable bonds is 3. The normalized spacial score (nSPS) is 38.4. The van der Waals surface area contributed by atoms with E-state index >= 15 is 0 Å². The maximum Gasteiger partial charge on any atom is 0.0541 e. The van der Waals surface area contributed by atoms with E-state index in [1.54, 1.807) is 0 Å². The van der Waals surface area contributed by atoms with Gasteiger partial charge in [-0.25, -0.2) is 0 Å². The number of aliphatic hydroxyl groups is 1. The number of aliphatic hydroxyl groups excluding tert-OH is 1. The molecule has 0 unspecified atom stereocenters. The number of hydrogen-bond donors (Lipinski definition) is 2. The van der Waals surface area contributed by atoms with Crippen molar-refractivity contribution in [3.05, 3.63) is 0 Å². The number of nitrogens with zero attached hydrogens (tertiary/aromatic N) is 1. The molecule has 2 rings (SSSR count). The molecule has 0 aromatic carbocycles. The van der Waals surface area contributed by atoms with Crippen LogP contribution < -0.4 is 5.73 Å². The maximum atomic E-state index is 9.46. The molecule has 0 aromatic heterocycles. The van der Waals surface area contributed by atoms with E-state index in [2.05, 4.69) is 4.90 Å². The standard InChI is InChI=1S/C12H24N2O/c13-12(5-3-11(15)4-6-12)7-10-14-8-1-2-9-14/h11,15H,1-10,13H2. The van der Waals surface area contributed by atoms with Crippen molar-refractivity contribution in [1.29, 1.82) is 0 Å². The SMILES string of the molecule is NC1(CCN2CCCC2)CCC(O)CC1. The summed E-state index contributed by atoms with van der Waals surface area (Å²) in [6, 6.07) is 0. The van der Waals surface area contributed by atoms with Gasteiger partial charge < -0.3 is 15.7 Å². The van der Waals surface area contributed by atoms with Crippen LogP contribution in [0.1, 0.15) is 44.9 Å². The Morgan fingerprint density at radius 3 is 2.40 bits per heavy atom. The first kappa shape index (κ1) is 11.4. The van der Waals surface area contributed by atoms with E-state index in [1.165, 1.54) is 25.9 Å². The summed E-state index contributed by atoms with van der Waals surface area (Å²) in [6.45, 7) is 3.68. The van der Waals surface area contributed by atoms with Gasteiger partial charge in [-0.2, -0.15) is 0 Å². The zero-order chi connectivity index (χ0) is 10.7. The van der Waals surface area contributed by atoms with E-state index in [0.29, 0.717) is 0 Å². The fourth-order valence-corrected chi connectivity index (χ4v) is 2.81. The summed E-state index contributed by atoms with van der Waals surface area (Å²) in [5.41, 5.74) is 6.38. The van der Waals surface area contributed by atoms with Crippen LogP contribution in [-0.4, -0.2) is 41.3 Å². The zero-order valence-corrected chi connectivity index (χ0v) is 9.62. The Bertz CT molecular complexity index is 194. The van der Waals surface area contributed by atoms with Crippen LogP contribution in [0.25, 0.3) is 0 Å². The van der Waals surface area contributed by atoms with Crippen LogP contribution in [0, 0.1) is 0 Å². The van der Waals surface area contributed by atoms with E-state index in [0.717, 1.165) is 38.6 Å². The van der Waals surface area contributed by atoms with Crippen LogP contribution in [0.4, 0.5) is 0 Å². The van der Waals surface area contributed by atoms with Crippen molar-refractivity contribution >= 4 is 0 Å². The molecule has 1 saturated heterocycles. The molecule has 0 radical (unpaired) electrons. The van der Waals surface area contributed by atoms with Gasteiger partial charge in [-0.05, 0) is 64.6 Å². The van der Waals surface area contributed by atoms with Gasteiger partial charge in [0.25, 0.3) is 0 Å². The van der Waals surface area contributed by atoms with Crippen molar-refractivity contribution in [3.8, 4) is 0 Å².